The lowest BCUT2D eigenvalue weighted by Crippen LogP contribution is -2.17. The zero-order chi connectivity index (χ0) is 13.7. The van der Waals surface area contributed by atoms with E-state index in [1.807, 2.05) is 12.1 Å². The van der Waals surface area contributed by atoms with Crippen LogP contribution in [0.3, 0.4) is 0 Å². The van der Waals surface area contributed by atoms with E-state index in [2.05, 4.69) is 10.3 Å². The van der Waals surface area contributed by atoms with Gasteiger partial charge in [-0.15, -0.1) is 0 Å². The standard InChI is InChI=1S/C13H14N2O4/c16-12(17)2-1-6-14-7-5-9-3-4-10-11(8-9)19-13(18)15-10/h1-4,8,14H,5-7H2,(H,15,18)(H,16,17)/b2-1+. The van der Waals surface area contributed by atoms with Crippen molar-refractivity contribution in [1.29, 1.82) is 0 Å². The van der Waals surface area contributed by atoms with E-state index in [0.29, 0.717) is 24.2 Å². The number of rotatable bonds is 6. The Balaban J connectivity index is 1.84. The van der Waals surface area contributed by atoms with Crippen molar-refractivity contribution in [3.63, 3.8) is 0 Å². The second-order valence-corrected chi connectivity index (χ2v) is 4.04. The smallest absolute Gasteiger partial charge is 0.417 e. The Morgan fingerprint density at radius 1 is 1.47 bits per heavy atom. The number of H-pyrrole nitrogens is 1. The number of benzene rings is 1. The molecule has 19 heavy (non-hydrogen) atoms. The Hall–Kier alpha value is -2.34. The second-order valence-electron chi connectivity index (χ2n) is 4.04. The topological polar surface area (TPSA) is 95.3 Å². The van der Waals surface area contributed by atoms with Crippen molar-refractivity contribution >= 4 is 17.1 Å². The summed E-state index contributed by atoms with van der Waals surface area (Å²) in [7, 11) is 0. The molecule has 0 saturated heterocycles. The lowest BCUT2D eigenvalue weighted by Gasteiger charge is -2.01. The number of aromatic amines is 1. The van der Waals surface area contributed by atoms with Crippen molar-refractivity contribution in [1.82, 2.24) is 10.3 Å². The van der Waals surface area contributed by atoms with Crippen molar-refractivity contribution in [2.75, 3.05) is 13.1 Å². The van der Waals surface area contributed by atoms with Gasteiger partial charge in [0.25, 0.3) is 0 Å². The summed E-state index contributed by atoms with van der Waals surface area (Å²) in [4.78, 5) is 23.8. The SMILES string of the molecule is O=C(O)/C=C/CNCCc1ccc2[nH]c(=O)oc2c1. The Labute approximate surface area is 108 Å². The fourth-order valence-electron chi connectivity index (χ4n) is 1.72. The summed E-state index contributed by atoms with van der Waals surface area (Å²) >= 11 is 0. The number of aliphatic carboxylic acids is 1. The lowest BCUT2D eigenvalue weighted by atomic mass is 10.1. The Kier molecular flexibility index (Phi) is 4.15. The van der Waals surface area contributed by atoms with Crippen LogP contribution in [0.25, 0.3) is 11.1 Å². The molecule has 0 unspecified atom stereocenters. The highest BCUT2D eigenvalue weighted by Gasteiger charge is 2.01. The molecule has 6 nitrogen and oxygen atoms in total. The van der Waals surface area contributed by atoms with Gasteiger partial charge < -0.3 is 14.8 Å². The minimum Gasteiger partial charge on any atom is -0.478 e. The molecule has 1 aromatic heterocycles. The third kappa shape index (κ3) is 3.82. The second kappa shape index (κ2) is 6.01. The predicted molar refractivity (Wildman–Crippen MR) is 70.2 cm³/mol. The van der Waals surface area contributed by atoms with Crippen LogP contribution in [0, 0.1) is 0 Å². The zero-order valence-electron chi connectivity index (χ0n) is 10.2. The maximum Gasteiger partial charge on any atom is 0.417 e. The van der Waals surface area contributed by atoms with Gasteiger partial charge in [-0.2, -0.15) is 0 Å². The molecule has 0 aliphatic carbocycles. The quantitative estimate of drug-likeness (QED) is 0.531. The van der Waals surface area contributed by atoms with Gasteiger partial charge in [0.15, 0.2) is 5.58 Å². The van der Waals surface area contributed by atoms with E-state index in [9.17, 15) is 9.59 Å². The van der Waals surface area contributed by atoms with Crippen molar-refractivity contribution in [3.8, 4) is 0 Å². The van der Waals surface area contributed by atoms with Gasteiger partial charge in [0.2, 0.25) is 0 Å². The van der Waals surface area contributed by atoms with Crippen LogP contribution < -0.4 is 11.1 Å². The molecule has 1 aromatic carbocycles. The van der Waals surface area contributed by atoms with Gasteiger partial charge in [0, 0.05) is 12.6 Å². The van der Waals surface area contributed by atoms with E-state index in [1.54, 1.807) is 12.1 Å². The molecule has 0 saturated carbocycles. The summed E-state index contributed by atoms with van der Waals surface area (Å²) in [6, 6.07) is 5.55. The first-order chi connectivity index (χ1) is 9.15. The molecule has 0 aliphatic rings. The number of carbonyl (C=O) groups is 1. The van der Waals surface area contributed by atoms with Gasteiger partial charge in [0.1, 0.15) is 0 Å². The minimum atomic E-state index is -0.949. The number of hydrogen-bond donors (Lipinski definition) is 3. The molecule has 0 bridgehead atoms. The van der Waals surface area contributed by atoms with E-state index >= 15 is 0 Å². The van der Waals surface area contributed by atoms with Gasteiger partial charge >= 0.3 is 11.7 Å². The van der Waals surface area contributed by atoms with Crippen molar-refractivity contribution in [2.24, 2.45) is 0 Å². The maximum atomic E-state index is 11.0. The third-order valence-corrected chi connectivity index (χ3v) is 2.60. The molecule has 1 heterocycles. The van der Waals surface area contributed by atoms with E-state index in [-0.39, 0.29) is 0 Å². The first-order valence-electron chi connectivity index (χ1n) is 5.87. The van der Waals surface area contributed by atoms with Crippen LogP contribution >= 0.6 is 0 Å². The van der Waals surface area contributed by atoms with E-state index in [0.717, 1.165) is 18.1 Å². The monoisotopic (exact) mass is 262 g/mol. The predicted octanol–water partition coefficient (Wildman–Crippen LogP) is 0.894. The third-order valence-electron chi connectivity index (χ3n) is 2.60. The van der Waals surface area contributed by atoms with Crippen molar-refractivity contribution in [2.45, 2.75) is 6.42 Å². The van der Waals surface area contributed by atoms with E-state index < -0.39 is 11.7 Å². The number of oxazole rings is 1. The summed E-state index contributed by atoms with van der Waals surface area (Å²) < 4.78 is 4.97. The molecule has 100 valence electrons. The molecule has 0 atom stereocenters. The molecular formula is C13H14N2O4. The summed E-state index contributed by atoms with van der Waals surface area (Å²) in [6.45, 7) is 1.22. The molecule has 0 amide bonds. The fraction of sp³-hybridized carbons (Fsp3) is 0.231. The molecule has 0 aliphatic heterocycles. The van der Waals surface area contributed by atoms with Gasteiger partial charge in [-0.1, -0.05) is 12.1 Å². The number of aromatic nitrogens is 1. The first kappa shape index (κ1) is 13.1. The number of fused-ring (bicyclic) bond motifs is 1. The molecule has 0 spiro atoms. The van der Waals surface area contributed by atoms with Gasteiger partial charge in [-0.25, -0.2) is 9.59 Å². The number of carboxylic acids is 1. The highest BCUT2D eigenvalue weighted by atomic mass is 16.4. The average molecular weight is 262 g/mol. The largest absolute Gasteiger partial charge is 0.478 e. The summed E-state index contributed by atoms with van der Waals surface area (Å²) in [5, 5.41) is 11.5. The van der Waals surface area contributed by atoms with Crippen LogP contribution in [0.5, 0.6) is 0 Å². The molecule has 3 N–H and O–H groups in total. The molecule has 2 rings (SSSR count). The lowest BCUT2D eigenvalue weighted by molar-refractivity contribution is -0.131. The van der Waals surface area contributed by atoms with E-state index in [1.165, 1.54) is 0 Å². The van der Waals surface area contributed by atoms with Crippen LogP contribution in [0.4, 0.5) is 0 Å². The summed E-state index contributed by atoms with van der Waals surface area (Å²) in [6.07, 6.45) is 3.43. The van der Waals surface area contributed by atoms with Crippen molar-refractivity contribution in [3.05, 3.63) is 46.5 Å². The highest BCUT2D eigenvalue weighted by Crippen LogP contribution is 2.12. The van der Waals surface area contributed by atoms with Crippen molar-refractivity contribution < 1.29 is 14.3 Å². The average Bonchev–Trinajstić information content (AvgIpc) is 2.72. The van der Waals surface area contributed by atoms with Gasteiger partial charge in [-0.05, 0) is 30.7 Å². The Morgan fingerprint density at radius 2 is 2.32 bits per heavy atom. The van der Waals surface area contributed by atoms with Crippen LogP contribution in [-0.4, -0.2) is 29.1 Å². The van der Waals surface area contributed by atoms with Gasteiger partial charge in [-0.3, -0.25) is 4.98 Å². The number of nitrogens with one attached hydrogen (secondary N) is 2. The van der Waals surface area contributed by atoms with Crippen LogP contribution in [-0.2, 0) is 11.2 Å². The zero-order valence-corrected chi connectivity index (χ0v) is 10.2. The molecule has 0 radical (unpaired) electrons. The summed E-state index contributed by atoms with van der Waals surface area (Å²) in [5.41, 5.74) is 2.28. The van der Waals surface area contributed by atoms with Crippen LogP contribution in [0.15, 0.2) is 39.6 Å². The number of carboxylic acid groups (broad SMARTS) is 1. The van der Waals surface area contributed by atoms with E-state index in [4.69, 9.17) is 9.52 Å². The molecule has 0 fully saturated rings. The highest BCUT2D eigenvalue weighted by molar-refractivity contribution is 5.79. The minimum absolute atomic E-state index is 0.455. The molecule has 2 aromatic rings. The maximum absolute atomic E-state index is 11.0. The van der Waals surface area contributed by atoms with Crippen LogP contribution in [0.2, 0.25) is 0 Å². The summed E-state index contributed by atoms with van der Waals surface area (Å²) in [5.74, 6) is -1.40. The normalized spacial score (nSPS) is 11.4. The first-order valence-corrected chi connectivity index (χ1v) is 5.87. The van der Waals surface area contributed by atoms with Gasteiger partial charge in [0.05, 0.1) is 5.52 Å². The Morgan fingerprint density at radius 3 is 3.11 bits per heavy atom. The Bertz CT molecular complexity index is 654. The molecular weight excluding hydrogens is 248 g/mol. The fourth-order valence-corrected chi connectivity index (χ4v) is 1.72. The molecule has 6 heteroatoms. The number of hydrogen-bond acceptors (Lipinski definition) is 4. The van der Waals surface area contributed by atoms with Crippen LogP contribution in [0.1, 0.15) is 5.56 Å².